The second kappa shape index (κ2) is 9.17. The van der Waals surface area contributed by atoms with Crippen LogP contribution in [0.1, 0.15) is 29.4 Å². The number of nitro benzene ring substituents is 1. The lowest BCUT2D eigenvalue weighted by molar-refractivity contribution is -0.384. The topological polar surface area (TPSA) is 137 Å². The Morgan fingerprint density at radius 2 is 1.97 bits per heavy atom. The van der Waals surface area contributed by atoms with Crippen molar-refractivity contribution in [1.82, 2.24) is 9.55 Å². The molecule has 0 atom stereocenters. The maximum atomic E-state index is 12.4. The molecule has 33 heavy (non-hydrogen) atoms. The van der Waals surface area contributed by atoms with Crippen LogP contribution < -0.4 is 11.1 Å². The highest BCUT2D eigenvalue weighted by Crippen LogP contribution is 2.31. The first kappa shape index (κ1) is 22.1. The molecule has 0 aliphatic rings. The van der Waals surface area contributed by atoms with Crippen LogP contribution in [0.3, 0.4) is 0 Å². The molecular formula is C22H18N4O6S. The second-order valence-electron chi connectivity index (χ2n) is 7.20. The number of hydrogen-bond donors (Lipinski definition) is 1. The van der Waals surface area contributed by atoms with Gasteiger partial charge in [0.05, 0.1) is 27.1 Å². The largest absolute Gasteiger partial charge is 0.419 e. The first-order valence-corrected chi connectivity index (χ1v) is 10.8. The van der Waals surface area contributed by atoms with Crippen molar-refractivity contribution in [2.24, 2.45) is 0 Å². The first-order valence-electron chi connectivity index (χ1n) is 9.98. The number of nitrogens with one attached hydrogen (secondary N) is 1. The van der Waals surface area contributed by atoms with Crippen molar-refractivity contribution >= 4 is 44.9 Å². The molecule has 4 rings (SSSR count). The molecule has 0 bridgehead atoms. The molecule has 168 valence electrons. The van der Waals surface area contributed by atoms with Crippen LogP contribution in [0.4, 0.5) is 10.8 Å². The highest BCUT2D eigenvalue weighted by molar-refractivity contribution is 7.18. The minimum Gasteiger partial charge on any atom is -0.407 e. The van der Waals surface area contributed by atoms with Crippen LogP contribution in [-0.4, -0.2) is 26.2 Å². The number of ketones is 1. The number of oxazole rings is 1. The van der Waals surface area contributed by atoms with E-state index in [1.165, 1.54) is 29.7 Å². The Balaban J connectivity index is 1.42. The maximum absolute atomic E-state index is 12.4. The number of hydrogen-bond acceptors (Lipinski definition) is 8. The van der Waals surface area contributed by atoms with Gasteiger partial charge in [0.25, 0.3) is 5.69 Å². The lowest BCUT2D eigenvalue weighted by Crippen LogP contribution is -2.17. The van der Waals surface area contributed by atoms with Gasteiger partial charge in [-0.15, -0.1) is 0 Å². The number of aromatic nitrogens is 2. The Bertz CT molecular complexity index is 1420. The van der Waals surface area contributed by atoms with E-state index < -0.39 is 10.7 Å². The summed E-state index contributed by atoms with van der Waals surface area (Å²) in [6, 6.07) is 13.2. The Labute approximate surface area is 190 Å². The summed E-state index contributed by atoms with van der Waals surface area (Å²) in [6.45, 7) is 1.65. The fraction of sp³-hybridized carbons (Fsp3) is 0.182. The van der Waals surface area contributed by atoms with Crippen molar-refractivity contribution in [3.8, 4) is 11.3 Å². The number of fused-ring (bicyclic) bond motifs is 1. The number of non-ortho nitro benzene ring substituents is 1. The van der Waals surface area contributed by atoms with Crippen LogP contribution in [0, 0.1) is 10.1 Å². The van der Waals surface area contributed by atoms with E-state index >= 15 is 0 Å². The second-order valence-corrected chi connectivity index (χ2v) is 8.20. The van der Waals surface area contributed by atoms with Crippen molar-refractivity contribution in [2.75, 3.05) is 5.32 Å². The summed E-state index contributed by atoms with van der Waals surface area (Å²) in [6.07, 6.45) is 0.426. The summed E-state index contributed by atoms with van der Waals surface area (Å²) in [5.74, 6) is -1.10. The molecule has 4 aromatic rings. The van der Waals surface area contributed by atoms with Gasteiger partial charge in [0.2, 0.25) is 5.91 Å². The van der Waals surface area contributed by atoms with Crippen molar-refractivity contribution in [1.29, 1.82) is 0 Å². The molecule has 2 heterocycles. The fourth-order valence-corrected chi connectivity index (χ4v) is 4.26. The van der Waals surface area contributed by atoms with Crippen LogP contribution >= 0.6 is 11.3 Å². The lowest BCUT2D eigenvalue weighted by atomic mass is 10.1. The average molecular weight is 466 g/mol. The van der Waals surface area contributed by atoms with Gasteiger partial charge < -0.3 is 9.73 Å². The molecule has 0 saturated heterocycles. The van der Waals surface area contributed by atoms with Gasteiger partial charge in [-0.1, -0.05) is 41.7 Å². The van der Waals surface area contributed by atoms with Crippen LogP contribution in [0.2, 0.25) is 0 Å². The number of benzene rings is 2. The third-order valence-electron chi connectivity index (χ3n) is 4.89. The number of carbonyl (C=O) groups is 2. The van der Waals surface area contributed by atoms with Crippen LogP contribution in [0.15, 0.2) is 57.7 Å². The molecule has 1 amide bonds. The van der Waals surface area contributed by atoms with E-state index in [-0.39, 0.29) is 35.9 Å². The zero-order valence-electron chi connectivity index (χ0n) is 17.4. The average Bonchev–Trinajstić information content (AvgIpc) is 3.35. The number of nitrogens with zero attached hydrogens (tertiary/aromatic N) is 3. The van der Waals surface area contributed by atoms with Gasteiger partial charge in [0.15, 0.2) is 16.5 Å². The molecule has 11 heteroatoms. The first-order chi connectivity index (χ1) is 15.8. The predicted octanol–water partition coefficient (Wildman–Crippen LogP) is 4.25. The number of Topliss-reactive ketones (excluding diaryl/α,β-unsaturated/α-hetero) is 1. The number of carbonyl (C=O) groups excluding carboxylic acids is 2. The summed E-state index contributed by atoms with van der Waals surface area (Å²) in [5.41, 5.74) is 1.67. The van der Waals surface area contributed by atoms with E-state index in [1.54, 1.807) is 0 Å². The van der Waals surface area contributed by atoms with E-state index in [2.05, 4.69) is 10.3 Å². The fourth-order valence-electron chi connectivity index (χ4n) is 3.36. The Morgan fingerprint density at radius 3 is 2.67 bits per heavy atom. The molecule has 10 nitrogen and oxygen atoms in total. The molecule has 2 aromatic heterocycles. The van der Waals surface area contributed by atoms with E-state index in [0.29, 0.717) is 27.6 Å². The maximum Gasteiger partial charge on any atom is 0.419 e. The smallest absolute Gasteiger partial charge is 0.407 e. The highest BCUT2D eigenvalue weighted by atomic mass is 32.1. The monoisotopic (exact) mass is 466 g/mol. The van der Waals surface area contributed by atoms with E-state index in [9.17, 15) is 24.5 Å². The molecule has 1 N–H and O–H groups in total. The van der Waals surface area contributed by atoms with Gasteiger partial charge >= 0.3 is 5.76 Å². The SMILES string of the molecule is CC(=O)c1sc(NC(=O)CCCn2c(=O)oc3cc([N+](=O)[O-])ccc32)nc1-c1ccccc1. The minimum absolute atomic E-state index is 0.0990. The van der Waals surface area contributed by atoms with Crippen molar-refractivity contribution in [2.45, 2.75) is 26.3 Å². The third kappa shape index (κ3) is 4.72. The van der Waals surface area contributed by atoms with E-state index in [1.807, 2.05) is 30.3 Å². The van der Waals surface area contributed by atoms with Crippen molar-refractivity contribution < 1.29 is 18.9 Å². The Hall–Kier alpha value is -4.12. The highest BCUT2D eigenvalue weighted by Gasteiger charge is 2.18. The van der Waals surface area contributed by atoms with Crippen LogP contribution in [0.25, 0.3) is 22.4 Å². The van der Waals surface area contributed by atoms with Gasteiger partial charge in [-0.3, -0.25) is 24.3 Å². The summed E-state index contributed by atoms with van der Waals surface area (Å²) in [7, 11) is 0. The zero-order chi connectivity index (χ0) is 23.5. The number of anilines is 1. The molecule has 0 spiro atoms. The number of amides is 1. The van der Waals surface area contributed by atoms with Crippen LogP contribution in [0.5, 0.6) is 0 Å². The van der Waals surface area contributed by atoms with Gasteiger partial charge in [-0.2, -0.15) is 0 Å². The number of nitro groups is 1. The van der Waals surface area contributed by atoms with Gasteiger partial charge in [-0.05, 0) is 12.5 Å². The zero-order valence-corrected chi connectivity index (χ0v) is 18.3. The molecule has 0 fully saturated rings. The van der Waals surface area contributed by atoms with Crippen molar-refractivity contribution in [3.63, 3.8) is 0 Å². The lowest BCUT2D eigenvalue weighted by Gasteiger charge is -2.03. The minimum atomic E-state index is -0.649. The standard InChI is InChI=1S/C22H18N4O6S/c1-13(27)20-19(14-6-3-2-4-7-14)24-21(33-20)23-18(28)8-5-11-25-16-10-9-15(26(30)31)12-17(16)32-22(25)29/h2-4,6-7,9-10,12H,5,8,11H2,1H3,(H,23,24,28). The molecule has 0 aliphatic carbocycles. The summed E-state index contributed by atoms with van der Waals surface area (Å²) >= 11 is 1.11. The Kier molecular flexibility index (Phi) is 6.13. The summed E-state index contributed by atoms with van der Waals surface area (Å²) in [4.78, 5) is 51.7. The normalized spacial score (nSPS) is 10.9. The van der Waals surface area contributed by atoms with E-state index in [4.69, 9.17) is 4.42 Å². The summed E-state index contributed by atoms with van der Waals surface area (Å²) < 4.78 is 6.42. The van der Waals surface area contributed by atoms with Crippen LogP contribution in [-0.2, 0) is 11.3 Å². The number of thiazole rings is 1. The molecule has 0 saturated carbocycles. The molecule has 0 radical (unpaired) electrons. The van der Waals surface area contributed by atoms with Gasteiger partial charge in [0.1, 0.15) is 0 Å². The van der Waals surface area contributed by atoms with Gasteiger partial charge in [-0.25, -0.2) is 9.78 Å². The summed E-state index contributed by atoms with van der Waals surface area (Å²) in [5, 5.41) is 13.9. The molecular weight excluding hydrogens is 448 g/mol. The number of aryl methyl sites for hydroxylation is 1. The van der Waals surface area contributed by atoms with Gasteiger partial charge in [0, 0.05) is 31.5 Å². The molecule has 0 unspecified atom stereocenters. The van der Waals surface area contributed by atoms with E-state index in [0.717, 1.165) is 16.9 Å². The molecule has 2 aromatic carbocycles. The predicted molar refractivity (Wildman–Crippen MR) is 123 cm³/mol. The van der Waals surface area contributed by atoms with Crippen molar-refractivity contribution in [3.05, 3.63) is 74.1 Å². The Morgan fingerprint density at radius 1 is 1.21 bits per heavy atom. The molecule has 0 aliphatic heterocycles. The third-order valence-corrected chi connectivity index (χ3v) is 5.96. The quantitative estimate of drug-likeness (QED) is 0.233. The number of rotatable bonds is 8.